The summed E-state index contributed by atoms with van der Waals surface area (Å²) >= 11 is 6.24. The van der Waals surface area contributed by atoms with Gasteiger partial charge < -0.3 is 10.1 Å². The van der Waals surface area contributed by atoms with E-state index >= 15 is 0 Å². The fourth-order valence-corrected chi connectivity index (χ4v) is 6.58. The molecule has 3 aromatic rings. The van der Waals surface area contributed by atoms with E-state index in [4.69, 9.17) is 16.3 Å². The lowest BCUT2D eigenvalue weighted by molar-refractivity contribution is -0.118. The lowest BCUT2D eigenvalue weighted by Gasteiger charge is -2.34. The molecule has 0 radical (unpaired) electrons. The molecule has 2 heterocycles. The molecule has 1 fully saturated rings. The lowest BCUT2D eigenvalue weighted by atomic mass is 9.90. The second-order valence-corrected chi connectivity index (χ2v) is 11.1. The van der Waals surface area contributed by atoms with Gasteiger partial charge in [0, 0.05) is 42.2 Å². The first-order valence-electron chi connectivity index (χ1n) is 10.8. The van der Waals surface area contributed by atoms with E-state index in [1.54, 1.807) is 37.7 Å². The van der Waals surface area contributed by atoms with Crippen molar-refractivity contribution in [3.8, 4) is 0 Å². The summed E-state index contributed by atoms with van der Waals surface area (Å²) in [4.78, 5) is 17.7. The van der Waals surface area contributed by atoms with E-state index in [-0.39, 0.29) is 24.7 Å². The first-order valence-corrected chi connectivity index (χ1v) is 12.7. The maximum Gasteiger partial charge on any atom is 0.233 e. The summed E-state index contributed by atoms with van der Waals surface area (Å²) in [5.74, 6) is -1.09. The minimum absolute atomic E-state index is 0.0412. The predicted molar refractivity (Wildman–Crippen MR) is 128 cm³/mol. The van der Waals surface area contributed by atoms with E-state index in [9.17, 15) is 13.2 Å². The number of benzene rings is 2. The Bertz CT molecular complexity index is 1340. The van der Waals surface area contributed by atoms with Crippen LogP contribution in [0.15, 0.2) is 54.9 Å². The van der Waals surface area contributed by atoms with Crippen LogP contribution in [-0.4, -0.2) is 48.6 Å². The van der Waals surface area contributed by atoms with Crippen LogP contribution in [0.1, 0.15) is 29.9 Å². The van der Waals surface area contributed by atoms with Crippen molar-refractivity contribution in [1.82, 2.24) is 9.29 Å². The first kappa shape index (κ1) is 22.3. The molecule has 1 aliphatic carbocycles. The van der Waals surface area contributed by atoms with Gasteiger partial charge in [0.1, 0.15) is 0 Å². The van der Waals surface area contributed by atoms with Crippen LogP contribution in [0.5, 0.6) is 0 Å². The molecule has 172 valence electrons. The van der Waals surface area contributed by atoms with Crippen LogP contribution in [0.2, 0.25) is 5.02 Å². The molecule has 0 saturated heterocycles. The van der Waals surface area contributed by atoms with Crippen molar-refractivity contribution in [1.29, 1.82) is 0 Å². The first-order chi connectivity index (χ1) is 15.8. The van der Waals surface area contributed by atoms with E-state index < -0.39 is 21.5 Å². The molecular formula is C24H24ClN3O4S. The van der Waals surface area contributed by atoms with Gasteiger partial charge >= 0.3 is 0 Å². The molecule has 1 unspecified atom stereocenters. The zero-order valence-electron chi connectivity index (χ0n) is 18.1. The number of rotatable bonds is 6. The minimum Gasteiger partial charge on any atom is -0.377 e. The van der Waals surface area contributed by atoms with E-state index in [0.29, 0.717) is 10.7 Å². The molecule has 1 aliphatic heterocycles. The Kier molecular flexibility index (Phi) is 5.64. The Morgan fingerprint density at radius 2 is 2.03 bits per heavy atom. The third-order valence-corrected chi connectivity index (χ3v) is 8.73. The molecule has 2 aliphatic rings. The van der Waals surface area contributed by atoms with Gasteiger partial charge in [-0.25, -0.2) is 8.42 Å². The number of halogens is 1. The quantitative estimate of drug-likeness (QED) is 0.571. The van der Waals surface area contributed by atoms with Gasteiger partial charge in [0.15, 0.2) is 0 Å². The third kappa shape index (κ3) is 4.36. The number of ether oxygens (including phenoxy) is 1. The summed E-state index contributed by atoms with van der Waals surface area (Å²) in [6, 6.07) is 12.9. The Morgan fingerprint density at radius 3 is 2.79 bits per heavy atom. The second-order valence-electron chi connectivity index (χ2n) is 8.73. The minimum atomic E-state index is -3.63. The Morgan fingerprint density at radius 1 is 1.24 bits per heavy atom. The molecule has 1 amide bonds. The molecule has 1 aromatic heterocycles. The summed E-state index contributed by atoms with van der Waals surface area (Å²) in [6.07, 6.45) is 4.78. The number of amides is 1. The number of sulfonamides is 1. The molecular weight excluding hydrogens is 462 g/mol. The number of pyridine rings is 1. The molecule has 0 bridgehead atoms. The van der Waals surface area contributed by atoms with Crippen molar-refractivity contribution < 1.29 is 17.9 Å². The topological polar surface area (TPSA) is 88.6 Å². The summed E-state index contributed by atoms with van der Waals surface area (Å²) in [5.41, 5.74) is 1.49. The van der Waals surface area contributed by atoms with E-state index in [0.717, 1.165) is 34.7 Å². The Hall–Kier alpha value is -2.52. The van der Waals surface area contributed by atoms with Gasteiger partial charge in [-0.15, -0.1) is 0 Å². The van der Waals surface area contributed by atoms with Crippen molar-refractivity contribution in [3.63, 3.8) is 0 Å². The van der Waals surface area contributed by atoms with Gasteiger partial charge in [0.05, 0.1) is 29.2 Å². The predicted octanol–water partition coefficient (Wildman–Crippen LogP) is 3.93. The van der Waals surface area contributed by atoms with Gasteiger partial charge in [-0.1, -0.05) is 41.9 Å². The molecule has 0 spiro atoms. The standard InChI is InChI=1S/C24H24ClN3O4S/c1-32-24(8-9-24)15-33(30,31)28-13-17-6-7-18(25)10-20(17)21(14-28)23(29)27-22-12-26-11-16-4-2-3-5-19(16)22/h2-7,10-12,21H,8-9,13-15H2,1H3,(H,27,29). The fourth-order valence-electron chi connectivity index (χ4n) is 4.43. The number of anilines is 1. The number of carbonyl (C=O) groups excluding carboxylic acids is 1. The SMILES string of the molecule is COC1(CS(=O)(=O)N2Cc3ccc(Cl)cc3C(C(=O)Nc3cncc4ccccc34)C2)CC1. The molecule has 1 N–H and O–H groups in total. The van der Waals surface area contributed by atoms with Crippen LogP contribution in [0, 0.1) is 0 Å². The smallest absolute Gasteiger partial charge is 0.233 e. The number of hydrogen-bond acceptors (Lipinski definition) is 5. The van der Waals surface area contributed by atoms with Crippen LogP contribution in [0.3, 0.4) is 0 Å². The largest absolute Gasteiger partial charge is 0.377 e. The zero-order chi connectivity index (χ0) is 23.2. The number of hydrogen-bond donors (Lipinski definition) is 1. The molecule has 2 aromatic carbocycles. The van der Waals surface area contributed by atoms with Crippen molar-refractivity contribution in [3.05, 3.63) is 71.0 Å². The highest BCUT2D eigenvalue weighted by Crippen LogP contribution is 2.42. The number of methoxy groups -OCH3 is 1. The maximum atomic E-state index is 13.5. The normalized spacial score (nSPS) is 19.8. The van der Waals surface area contributed by atoms with Gasteiger partial charge in [-0.3, -0.25) is 9.78 Å². The highest BCUT2D eigenvalue weighted by atomic mass is 35.5. The summed E-state index contributed by atoms with van der Waals surface area (Å²) in [5, 5.41) is 5.24. The number of nitrogens with one attached hydrogen (secondary N) is 1. The highest BCUT2D eigenvalue weighted by Gasteiger charge is 2.49. The number of nitrogens with zero attached hydrogens (tertiary/aromatic N) is 2. The van der Waals surface area contributed by atoms with Gasteiger partial charge in [0.25, 0.3) is 0 Å². The molecule has 7 nitrogen and oxygen atoms in total. The molecule has 9 heteroatoms. The van der Waals surface area contributed by atoms with Gasteiger partial charge in [0.2, 0.25) is 15.9 Å². The van der Waals surface area contributed by atoms with Crippen LogP contribution >= 0.6 is 11.6 Å². The Balaban J connectivity index is 1.47. The second kappa shape index (κ2) is 8.36. The number of fused-ring (bicyclic) bond motifs is 2. The van der Waals surface area contributed by atoms with Gasteiger partial charge in [-0.2, -0.15) is 4.31 Å². The molecule has 5 rings (SSSR count). The number of aromatic nitrogens is 1. The third-order valence-electron chi connectivity index (χ3n) is 6.54. The van der Waals surface area contributed by atoms with Crippen molar-refractivity contribution >= 4 is 44.0 Å². The van der Waals surface area contributed by atoms with Crippen LogP contribution in [-0.2, 0) is 26.1 Å². The van der Waals surface area contributed by atoms with Crippen LogP contribution in [0.4, 0.5) is 5.69 Å². The van der Waals surface area contributed by atoms with Crippen molar-refractivity contribution in [2.45, 2.75) is 30.9 Å². The van der Waals surface area contributed by atoms with Crippen molar-refractivity contribution in [2.24, 2.45) is 0 Å². The van der Waals surface area contributed by atoms with E-state index in [2.05, 4.69) is 10.3 Å². The average Bonchev–Trinajstić information content (AvgIpc) is 3.57. The van der Waals surface area contributed by atoms with E-state index in [1.165, 1.54) is 4.31 Å². The monoisotopic (exact) mass is 485 g/mol. The summed E-state index contributed by atoms with van der Waals surface area (Å²) < 4.78 is 33.4. The fraction of sp³-hybridized carbons (Fsp3) is 0.333. The molecule has 1 atom stereocenters. The van der Waals surface area contributed by atoms with Crippen molar-refractivity contribution in [2.75, 3.05) is 24.7 Å². The van der Waals surface area contributed by atoms with Crippen LogP contribution < -0.4 is 5.32 Å². The average molecular weight is 486 g/mol. The highest BCUT2D eigenvalue weighted by molar-refractivity contribution is 7.89. The summed E-state index contributed by atoms with van der Waals surface area (Å²) in [7, 11) is -2.09. The van der Waals surface area contributed by atoms with E-state index in [1.807, 2.05) is 24.3 Å². The lowest BCUT2D eigenvalue weighted by Crippen LogP contribution is -2.45. The maximum absolute atomic E-state index is 13.5. The van der Waals surface area contributed by atoms with Gasteiger partial charge in [-0.05, 0) is 36.1 Å². The molecule has 33 heavy (non-hydrogen) atoms. The summed E-state index contributed by atoms with van der Waals surface area (Å²) in [6.45, 7) is 0.244. The number of carbonyl (C=O) groups is 1. The molecule has 1 saturated carbocycles. The van der Waals surface area contributed by atoms with Crippen LogP contribution in [0.25, 0.3) is 10.8 Å². The zero-order valence-corrected chi connectivity index (χ0v) is 19.7. The Labute approximate surface area is 197 Å².